The van der Waals surface area contributed by atoms with Crippen LogP contribution in [0.2, 0.25) is 0 Å². The lowest BCUT2D eigenvalue weighted by molar-refractivity contribution is 0.302. The lowest BCUT2D eigenvalue weighted by atomic mass is 9.77. The van der Waals surface area contributed by atoms with Gasteiger partial charge in [0.05, 0.1) is 5.69 Å². The fourth-order valence-electron chi connectivity index (χ4n) is 6.17. The van der Waals surface area contributed by atoms with E-state index in [2.05, 4.69) is 31.0 Å². The van der Waals surface area contributed by atoms with Crippen molar-refractivity contribution >= 4 is 0 Å². The van der Waals surface area contributed by atoms with E-state index in [4.69, 9.17) is 0 Å². The third-order valence-electron chi connectivity index (χ3n) is 8.49. The zero-order valence-electron chi connectivity index (χ0n) is 20.3. The number of halogens is 1. The van der Waals surface area contributed by atoms with Gasteiger partial charge in [-0.25, -0.2) is 4.39 Å². The molecule has 0 bridgehead atoms. The average Bonchev–Trinajstić information content (AvgIpc) is 2.85. The Labute approximate surface area is 195 Å². The van der Waals surface area contributed by atoms with E-state index in [9.17, 15) is 0 Å². The summed E-state index contributed by atoms with van der Waals surface area (Å²) in [5.74, 6) is 2.83. The summed E-state index contributed by atoms with van der Waals surface area (Å²) in [5, 5.41) is 0. The first-order valence-corrected chi connectivity index (χ1v) is 13.4. The normalized spacial score (nSPS) is 26.2. The number of hydrogen-bond donors (Lipinski definition) is 0. The van der Waals surface area contributed by atoms with Gasteiger partial charge in [0, 0.05) is 11.8 Å². The minimum atomic E-state index is -0.118. The number of rotatable bonds is 8. The summed E-state index contributed by atoms with van der Waals surface area (Å²) < 4.78 is 15.0. The van der Waals surface area contributed by atoms with Gasteiger partial charge in [-0.3, -0.25) is 4.98 Å². The van der Waals surface area contributed by atoms with Crippen molar-refractivity contribution in [3.8, 4) is 11.3 Å². The Morgan fingerprint density at radius 2 is 1.44 bits per heavy atom. The Kier molecular flexibility index (Phi) is 8.38. The maximum atomic E-state index is 15.0. The van der Waals surface area contributed by atoms with Gasteiger partial charge in [0.25, 0.3) is 0 Å². The minimum absolute atomic E-state index is 0.118. The minimum Gasteiger partial charge on any atom is -0.256 e. The fraction of sp³-hybridized carbons (Fsp3) is 0.633. The highest BCUT2D eigenvalue weighted by Crippen LogP contribution is 2.39. The molecule has 2 fully saturated rings. The molecule has 0 spiro atoms. The molecule has 1 aromatic carbocycles. The summed E-state index contributed by atoms with van der Waals surface area (Å²) >= 11 is 0. The summed E-state index contributed by atoms with van der Waals surface area (Å²) in [4.78, 5) is 4.69. The molecule has 2 heteroatoms. The van der Waals surface area contributed by atoms with Crippen LogP contribution in [0.25, 0.3) is 11.3 Å². The average molecular weight is 436 g/mol. The molecule has 0 radical (unpaired) electrons. The second kappa shape index (κ2) is 11.4. The van der Waals surface area contributed by atoms with Gasteiger partial charge in [0.15, 0.2) is 0 Å². The van der Waals surface area contributed by atoms with Crippen LogP contribution < -0.4 is 0 Å². The topological polar surface area (TPSA) is 12.9 Å². The molecule has 32 heavy (non-hydrogen) atoms. The molecule has 0 aliphatic heterocycles. The number of aromatic nitrogens is 1. The van der Waals surface area contributed by atoms with Crippen molar-refractivity contribution in [1.29, 1.82) is 0 Å². The van der Waals surface area contributed by atoms with Crippen LogP contribution in [0.15, 0.2) is 36.5 Å². The van der Waals surface area contributed by atoms with E-state index in [1.807, 2.05) is 18.3 Å². The van der Waals surface area contributed by atoms with Crippen molar-refractivity contribution in [3.63, 3.8) is 0 Å². The zero-order chi connectivity index (χ0) is 22.3. The molecule has 2 aliphatic carbocycles. The van der Waals surface area contributed by atoms with Gasteiger partial charge in [-0.2, -0.15) is 0 Å². The Hall–Kier alpha value is -1.70. The van der Waals surface area contributed by atoms with Crippen LogP contribution in [0.3, 0.4) is 0 Å². The highest BCUT2D eigenvalue weighted by molar-refractivity contribution is 5.60. The molecule has 1 heterocycles. The highest BCUT2D eigenvalue weighted by atomic mass is 19.1. The molecule has 0 N–H and O–H groups in total. The number of unbranched alkanes of at least 4 members (excludes halogenated alkanes) is 2. The molecule has 174 valence electrons. The predicted octanol–water partition coefficient (Wildman–Crippen LogP) is 9.43. The van der Waals surface area contributed by atoms with E-state index in [1.54, 1.807) is 6.07 Å². The van der Waals surface area contributed by atoms with E-state index in [0.29, 0.717) is 17.4 Å². The summed E-state index contributed by atoms with van der Waals surface area (Å²) in [6, 6.07) is 10.1. The van der Waals surface area contributed by atoms with Crippen LogP contribution in [0.4, 0.5) is 4.39 Å². The van der Waals surface area contributed by atoms with Crippen molar-refractivity contribution in [2.75, 3.05) is 0 Å². The molecule has 0 amide bonds. The number of hydrogen-bond acceptors (Lipinski definition) is 1. The Morgan fingerprint density at radius 1 is 0.781 bits per heavy atom. The summed E-state index contributed by atoms with van der Waals surface area (Å²) in [6.45, 7) is 4.57. The number of benzene rings is 1. The van der Waals surface area contributed by atoms with Gasteiger partial charge in [-0.05, 0) is 104 Å². The highest BCUT2D eigenvalue weighted by Gasteiger charge is 2.24. The molecule has 2 aliphatic rings. The van der Waals surface area contributed by atoms with Crippen LogP contribution in [0.5, 0.6) is 0 Å². The summed E-state index contributed by atoms with van der Waals surface area (Å²) in [5.41, 5.74) is 3.92. The maximum absolute atomic E-state index is 15.0. The lowest BCUT2D eigenvalue weighted by Crippen LogP contribution is -2.13. The largest absolute Gasteiger partial charge is 0.256 e. The second-order valence-electron chi connectivity index (χ2n) is 10.6. The van der Waals surface area contributed by atoms with Crippen molar-refractivity contribution in [1.82, 2.24) is 4.98 Å². The summed E-state index contributed by atoms with van der Waals surface area (Å²) in [7, 11) is 0. The predicted molar refractivity (Wildman–Crippen MR) is 133 cm³/mol. The Morgan fingerprint density at radius 3 is 2.03 bits per heavy atom. The first-order chi connectivity index (χ1) is 15.7. The first kappa shape index (κ1) is 23.5. The van der Waals surface area contributed by atoms with Gasteiger partial charge >= 0.3 is 0 Å². The molecule has 1 nitrogen and oxygen atoms in total. The van der Waals surface area contributed by atoms with Gasteiger partial charge in [0.2, 0.25) is 0 Å². The molecule has 1 aromatic heterocycles. The standard InChI is InChI=1S/C30H42FN/c1-3-5-6-7-23-10-14-25(15-11-23)27-17-19-30(32-21-27)28-18-16-26(20-29(28)31)24-12-8-22(4-2)9-13-24/h16-25H,3-15H2,1-2H3. The molecular formula is C30H42FN. The van der Waals surface area contributed by atoms with Crippen molar-refractivity contribution in [2.45, 2.75) is 109 Å². The lowest BCUT2D eigenvalue weighted by Gasteiger charge is -2.29. The van der Waals surface area contributed by atoms with Crippen LogP contribution in [-0.4, -0.2) is 4.98 Å². The smallest absolute Gasteiger partial charge is 0.132 e. The molecule has 0 unspecified atom stereocenters. The van der Waals surface area contributed by atoms with Crippen LogP contribution in [-0.2, 0) is 0 Å². The monoisotopic (exact) mass is 435 g/mol. The zero-order valence-corrected chi connectivity index (χ0v) is 20.3. The van der Waals surface area contributed by atoms with E-state index in [1.165, 1.54) is 94.6 Å². The Bertz CT molecular complexity index is 826. The van der Waals surface area contributed by atoms with Gasteiger partial charge in [0.1, 0.15) is 5.82 Å². The number of nitrogens with zero attached hydrogens (tertiary/aromatic N) is 1. The molecule has 0 atom stereocenters. The van der Waals surface area contributed by atoms with Crippen molar-refractivity contribution in [3.05, 3.63) is 53.5 Å². The molecule has 0 saturated heterocycles. The summed E-state index contributed by atoms with van der Waals surface area (Å²) in [6.07, 6.45) is 19.0. The molecule has 4 rings (SSSR count). The SMILES string of the molecule is CCCCCC1CCC(c2ccc(-c3ccc(C4CCC(CC)CC4)cc3F)nc2)CC1. The van der Waals surface area contributed by atoms with E-state index < -0.39 is 0 Å². The molecular weight excluding hydrogens is 393 g/mol. The quantitative estimate of drug-likeness (QED) is 0.376. The van der Waals surface area contributed by atoms with Gasteiger partial charge in [-0.15, -0.1) is 0 Å². The second-order valence-corrected chi connectivity index (χ2v) is 10.6. The van der Waals surface area contributed by atoms with Crippen LogP contribution >= 0.6 is 0 Å². The fourth-order valence-corrected chi connectivity index (χ4v) is 6.17. The van der Waals surface area contributed by atoms with Gasteiger partial charge in [-0.1, -0.05) is 58.1 Å². The van der Waals surface area contributed by atoms with Crippen LogP contribution in [0.1, 0.15) is 120 Å². The van der Waals surface area contributed by atoms with E-state index >= 15 is 4.39 Å². The first-order valence-electron chi connectivity index (χ1n) is 13.4. The van der Waals surface area contributed by atoms with Crippen molar-refractivity contribution in [2.24, 2.45) is 11.8 Å². The van der Waals surface area contributed by atoms with E-state index in [0.717, 1.165) is 17.5 Å². The van der Waals surface area contributed by atoms with E-state index in [-0.39, 0.29) is 5.82 Å². The Balaban J connectivity index is 1.35. The third kappa shape index (κ3) is 5.80. The maximum Gasteiger partial charge on any atom is 0.132 e. The molecule has 2 saturated carbocycles. The third-order valence-corrected chi connectivity index (χ3v) is 8.49. The van der Waals surface area contributed by atoms with Crippen molar-refractivity contribution < 1.29 is 4.39 Å². The number of pyridine rings is 1. The van der Waals surface area contributed by atoms with Crippen LogP contribution in [0, 0.1) is 17.7 Å². The van der Waals surface area contributed by atoms with Gasteiger partial charge < -0.3 is 0 Å². The molecule has 2 aromatic rings.